The van der Waals surface area contributed by atoms with Gasteiger partial charge in [-0.25, -0.2) is 4.68 Å². The lowest BCUT2D eigenvalue weighted by molar-refractivity contribution is -0.132. The van der Waals surface area contributed by atoms with E-state index in [1.165, 1.54) is 4.68 Å². The summed E-state index contributed by atoms with van der Waals surface area (Å²) >= 11 is 1.59. The van der Waals surface area contributed by atoms with Crippen molar-refractivity contribution in [3.05, 3.63) is 57.8 Å². The van der Waals surface area contributed by atoms with Crippen LogP contribution >= 0.6 is 11.3 Å². The topological polar surface area (TPSA) is 72.8 Å². The van der Waals surface area contributed by atoms with Crippen LogP contribution in [0.4, 0.5) is 0 Å². The average molecular weight is 384 g/mol. The van der Waals surface area contributed by atoms with Gasteiger partial charge in [0.2, 0.25) is 5.91 Å². The number of furan rings is 1. The Morgan fingerprint density at radius 3 is 2.85 bits per heavy atom. The summed E-state index contributed by atoms with van der Waals surface area (Å²) in [6.45, 7) is 4.71. The Hall–Kier alpha value is -2.87. The third-order valence-corrected chi connectivity index (χ3v) is 5.49. The molecule has 4 heterocycles. The second-order valence-electron chi connectivity index (χ2n) is 6.25. The molecular formula is C19H20N4O3S. The van der Waals surface area contributed by atoms with E-state index in [1.807, 2.05) is 41.8 Å². The molecule has 0 saturated carbocycles. The van der Waals surface area contributed by atoms with E-state index in [4.69, 9.17) is 4.42 Å². The summed E-state index contributed by atoms with van der Waals surface area (Å²) in [6.07, 6.45) is 2.24. The van der Waals surface area contributed by atoms with Crippen LogP contribution in [-0.2, 0) is 24.3 Å². The molecule has 0 spiro atoms. The van der Waals surface area contributed by atoms with Crippen LogP contribution in [-0.4, -0.2) is 31.5 Å². The predicted octanol–water partition coefficient (Wildman–Crippen LogP) is 2.91. The summed E-state index contributed by atoms with van der Waals surface area (Å²) in [5.41, 5.74) is 1.30. The van der Waals surface area contributed by atoms with Crippen LogP contribution in [0.1, 0.15) is 25.4 Å². The van der Waals surface area contributed by atoms with Crippen LogP contribution in [0.2, 0.25) is 0 Å². The summed E-state index contributed by atoms with van der Waals surface area (Å²) in [5, 5.41) is 6.47. The fourth-order valence-corrected chi connectivity index (χ4v) is 4.06. The maximum absolute atomic E-state index is 12.9. The molecule has 0 fully saturated rings. The smallest absolute Gasteiger partial charge is 0.291 e. The number of rotatable bonds is 6. The van der Waals surface area contributed by atoms with Gasteiger partial charge in [-0.05, 0) is 36.6 Å². The predicted molar refractivity (Wildman–Crippen MR) is 104 cm³/mol. The van der Waals surface area contributed by atoms with E-state index >= 15 is 0 Å². The molecule has 7 nitrogen and oxygen atoms in total. The molecule has 0 aliphatic rings. The van der Waals surface area contributed by atoms with Gasteiger partial charge in [0.1, 0.15) is 23.6 Å². The van der Waals surface area contributed by atoms with E-state index in [0.717, 1.165) is 16.0 Å². The Bertz CT molecular complexity index is 1150. The number of carbonyl (C=O) groups excluding carboxylic acids is 1. The Kier molecular flexibility index (Phi) is 4.57. The van der Waals surface area contributed by atoms with E-state index in [2.05, 4.69) is 5.10 Å². The van der Waals surface area contributed by atoms with Crippen molar-refractivity contribution in [3.63, 3.8) is 0 Å². The van der Waals surface area contributed by atoms with Crippen molar-refractivity contribution in [2.24, 2.45) is 0 Å². The lowest BCUT2D eigenvalue weighted by Gasteiger charge is -2.20. The zero-order chi connectivity index (χ0) is 19.0. The lowest BCUT2D eigenvalue weighted by Crippen LogP contribution is -2.37. The highest BCUT2D eigenvalue weighted by Gasteiger charge is 2.19. The largest absolute Gasteiger partial charge is 0.467 e. The van der Waals surface area contributed by atoms with Crippen molar-refractivity contribution in [2.75, 3.05) is 6.54 Å². The number of thiophene rings is 1. The van der Waals surface area contributed by atoms with Crippen LogP contribution in [0.3, 0.4) is 0 Å². The fourth-order valence-electron chi connectivity index (χ4n) is 3.25. The highest BCUT2D eigenvalue weighted by Crippen LogP contribution is 2.24. The molecule has 0 aliphatic heterocycles. The number of nitrogens with zero attached hydrogens (tertiary/aromatic N) is 4. The van der Waals surface area contributed by atoms with Gasteiger partial charge in [0, 0.05) is 13.0 Å². The number of aryl methyl sites for hydroxylation is 1. The highest BCUT2D eigenvalue weighted by atomic mass is 32.1. The molecule has 0 atom stereocenters. The molecule has 0 aromatic carbocycles. The first-order chi connectivity index (χ1) is 13.1. The quantitative estimate of drug-likeness (QED) is 0.512. The van der Waals surface area contributed by atoms with Gasteiger partial charge < -0.3 is 9.32 Å². The molecule has 4 rings (SSSR count). The molecule has 0 N–H and O–H groups in total. The first-order valence-corrected chi connectivity index (χ1v) is 9.79. The van der Waals surface area contributed by atoms with Crippen molar-refractivity contribution >= 4 is 33.0 Å². The zero-order valence-electron chi connectivity index (χ0n) is 15.2. The van der Waals surface area contributed by atoms with Gasteiger partial charge in [-0.3, -0.25) is 14.0 Å². The molecule has 0 aliphatic carbocycles. The van der Waals surface area contributed by atoms with Crippen molar-refractivity contribution < 1.29 is 9.21 Å². The van der Waals surface area contributed by atoms with E-state index in [0.29, 0.717) is 30.8 Å². The summed E-state index contributed by atoms with van der Waals surface area (Å²) in [5.74, 6) is 1.31. The SMILES string of the molecule is CCc1nn(CC(=O)N(CC)Cc2ccco2)c(=O)c2cc3sccc3n12. The van der Waals surface area contributed by atoms with E-state index in [9.17, 15) is 9.59 Å². The van der Waals surface area contributed by atoms with Gasteiger partial charge in [0.05, 0.1) is 23.0 Å². The minimum atomic E-state index is -0.252. The standard InChI is InChI=1S/C19H20N4O3S/c1-3-17-20-22(12-18(24)21(4-2)11-13-6-5-8-26-13)19(25)15-10-16-14(23(15)17)7-9-27-16/h5-10H,3-4,11-12H2,1-2H3. The van der Waals surface area contributed by atoms with Crippen molar-refractivity contribution in [3.8, 4) is 0 Å². The van der Waals surface area contributed by atoms with Crippen molar-refractivity contribution in [2.45, 2.75) is 33.4 Å². The fraction of sp³-hybridized carbons (Fsp3) is 0.316. The molecule has 4 aromatic rings. The number of likely N-dealkylation sites (N-methyl/N-ethyl adjacent to an activating group) is 1. The third-order valence-electron chi connectivity index (χ3n) is 4.63. The molecule has 0 bridgehead atoms. The Balaban J connectivity index is 1.69. The minimum absolute atomic E-state index is 0.0876. The maximum atomic E-state index is 12.9. The number of hydrogen-bond acceptors (Lipinski definition) is 5. The van der Waals surface area contributed by atoms with Crippen LogP contribution in [0.15, 0.2) is 45.1 Å². The van der Waals surface area contributed by atoms with E-state index < -0.39 is 0 Å². The van der Waals surface area contributed by atoms with E-state index in [-0.39, 0.29) is 18.0 Å². The summed E-state index contributed by atoms with van der Waals surface area (Å²) in [7, 11) is 0. The Morgan fingerprint density at radius 1 is 1.30 bits per heavy atom. The maximum Gasteiger partial charge on any atom is 0.291 e. The zero-order valence-corrected chi connectivity index (χ0v) is 16.0. The Labute approximate surface area is 159 Å². The number of carbonyl (C=O) groups is 1. The Morgan fingerprint density at radius 2 is 2.15 bits per heavy atom. The van der Waals surface area contributed by atoms with Crippen LogP contribution < -0.4 is 5.56 Å². The third kappa shape index (κ3) is 3.06. The molecule has 27 heavy (non-hydrogen) atoms. The van der Waals surface area contributed by atoms with Gasteiger partial charge in [0.25, 0.3) is 5.56 Å². The number of amides is 1. The van der Waals surface area contributed by atoms with Gasteiger partial charge in [-0.1, -0.05) is 6.92 Å². The van der Waals surface area contributed by atoms with Crippen LogP contribution in [0, 0.1) is 0 Å². The first kappa shape index (κ1) is 17.5. The molecular weight excluding hydrogens is 364 g/mol. The minimum Gasteiger partial charge on any atom is -0.467 e. The highest BCUT2D eigenvalue weighted by molar-refractivity contribution is 7.17. The van der Waals surface area contributed by atoms with E-state index in [1.54, 1.807) is 28.6 Å². The molecule has 0 radical (unpaired) electrons. The van der Waals surface area contributed by atoms with Gasteiger partial charge >= 0.3 is 0 Å². The first-order valence-electron chi connectivity index (χ1n) is 8.91. The van der Waals surface area contributed by atoms with Gasteiger partial charge in [-0.15, -0.1) is 11.3 Å². The van der Waals surface area contributed by atoms with Gasteiger partial charge in [0.15, 0.2) is 0 Å². The number of aromatic nitrogens is 3. The molecule has 140 valence electrons. The molecule has 4 aromatic heterocycles. The summed E-state index contributed by atoms with van der Waals surface area (Å²) < 4.78 is 9.55. The number of fused-ring (bicyclic) bond motifs is 3. The average Bonchev–Trinajstić information content (AvgIpc) is 3.39. The van der Waals surface area contributed by atoms with Gasteiger partial charge in [-0.2, -0.15) is 5.10 Å². The monoisotopic (exact) mass is 384 g/mol. The second kappa shape index (κ2) is 7.03. The molecule has 0 unspecified atom stereocenters. The lowest BCUT2D eigenvalue weighted by atomic mass is 10.3. The summed E-state index contributed by atoms with van der Waals surface area (Å²) in [6, 6.07) is 7.49. The number of hydrogen-bond donors (Lipinski definition) is 0. The van der Waals surface area contributed by atoms with Crippen LogP contribution in [0.5, 0.6) is 0 Å². The van der Waals surface area contributed by atoms with Crippen LogP contribution in [0.25, 0.3) is 15.7 Å². The summed E-state index contributed by atoms with van der Waals surface area (Å²) in [4.78, 5) is 27.3. The molecule has 1 amide bonds. The van der Waals surface area contributed by atoms with Crippen molar-refractivity contribution in [1.82, 2.24) is 19.1 Å². The normalized spacial score (nSPS) is 11.5. The van der Waals surface area contributed by atoms with Crippen molar-refractivity contribution in [1.29, 1.82) is 0 Å². The second-order valence-corrected chi connectivity index (χ2v) is 7.20. The molecule has 8 heteroatoms. The molecule has 0 saturated heterocycles.